The van der Waals surface area contributed by atoms with E-state index in [2.05, 4.69) is 9.98 Å². The fraction of sp³-hybridized carbons (Fsp3) is 0.214. The van der Waals surface area contributed by atoms with E-state index in [4.69, 9.17) is 0 Å². The quantitative estimate of drug-likeness (QED) is 0.923. The van der Waals surface area contributed by atoms with Gasteiger partial charge in [-0.2, -0.15) is 0 Å². The lowest BCUT2D eigenvalue weighted by atomic mass is 10.2. The van der Waals surface area contributed by atoms with E-state index in [0.717, 1.165) is 28.3 Å². The average Bonchev–Trinajstić information content (AvgIpc) is 2.93. The first-order valence-corrected chi connectivity index (χ1v) is 7.05. The number of rotatable bonds is 2. The molecule has 0 aliphatic carbocycles. The summed E-state index contributed by atoms with van der Waals surface area (Å²) < 4.78 is 1.38. The van der Waals surface area contributed by atoms with Crippen molar-refractivity contribution in [1.29, 1.82) is 0 Å². The number of nitrogens with zero attached hydrogens (tertiary/aromatic N) is 3. The van der Waals surface area contributed by atoms with E-state index in [-0.39, 0.29) is 16.8 Å². The molecule has 2 aromatic heterocycles. The van der Waals surface area contributed by atoms with Crippen LogP contribution in [0.1, 0.15) is 30.5 Å². The lowest BCUT2D eigenvalue weighted by Gasteiger charge is -2.06. The van der Waals surface area contributed by atoms with Gasteiger partial charge in [-0.15, -0.1) is 0 Å². The van der Waals surface area contributed by atoms with Crippen molar-refractivity contribution in [3.05, 3.63) is 38.6 Å². The van der Waals surface area contributed by atoms with E-state index in [9.17, 15) is 9.90 Å². The molecule has 102 valence electrons. The van der Waals surface area contributed by atoms with Gasteiger partial charge in [0.15, 0.2) is 0 Å². The van der Waals surface area contributed by atoms with E-state index in [0.29, 0.717) is 4.88 Å². The molecule has 1 aliphatic rings. The van der Waals surface area contributed by atoms with Gasteiger partial charge in [0, 0.05) is 24.0 Å². The molecule has 6 heteroatoms. The molecule has 1 N–H and O–H groups in total. The first kappa shape index (κ1) is 12.8. The zero-order valence-electron chi connectivity index (χ0n) is 11.1. The minimum Gasteiger partial charge on any atom is -0.493 e. The summed E-state index contributed by atoms with van der Waals surface area (Å²) in [4.78, 5) is 20.8. The number of aliphatic imine (C=N–C) groups is 1. The summed E-state index contributed by atoms with van der Waals surface area (Å²) in [6, 6.07) is 3.62. The molecule has 3 rings (SSSR count). The number of hydrogen-bond donors (Lipinski definition) is 1. The number of allylic oxidation sites excluding steroid dienone is 1. The standard InChI is InChI=1S/C14H13N3O2S/c1-8(2)17-13(18)11(20-14(17)19)6-9-7-16-10-4-3-5-15-12(9)10/h3-8,18H,1-2H3. The predicted molar refractivity (Wildman–Crippen MR) is 80.9 cm³/mol. The Labute approximate surface area is 119 Å². The first-order valence-electron chi connectivity index (χ1n) is 6.23. The van der Waals surface area contributed by atoms with Gasteiger partial charge in [0.2, 0.25) is 5.88 Å². The van der Waals surface area contributed by atoms with Crippen molar-refractivity contribution in [3.8, 4) is 5.88 Å². The number of hydrogen-bond acceptors (Lipinski definition) is 5. The van der Waals surface area contributed by atoms with E-state index in [1.54, 1.807) is 18.5 Å². The minimum absolute atomic E-state index is 0.000260. The second kappa shape index (κ2) is 4.72. The molecule has 0 fully saturated rings. The summed E-state index contributed by atoms with van der Waals surface area (Å²) in [7, 11) is 0. The fourth-order valence-electron chi connectivity index (χ4n) is 2.11. The topological polar surface area (TPSA) is 67.5 Å². The first-order chi connectivity index (χ1) is 9.58. The number of thiazole rings is 1. The van der Waals surface area contributed by atoms with E-state index < -0.39 is 0 Å². The molecule has 0 atom stereocenters. The Bertz CT molecular complexity index is 784. The Kier molecular flexibility index (Phi) is 3.02. The molecule has 20 heavy (non-hydrogen) atoms. The monoisotopic (exact) mass is 287 g/mol. The van der Waals surface area contributed by atoms with Crippen LogP contribution >= 0.6 is 11.3 Å². The molecule has 0 amide bonds. The Morgan fingerprint density at radius 3 is 2.95 bits per heavy atom. The van der Waals surface area contributed by atoms with Crippen molar-refractivity contribution in [2.45, 2.75) is 19.9 Å². The Morgan fingerprint density at radius 2 is 2.25 bits per heavy atom. The lowest BCUT2D eigenvalue weighted by Crippen LogP contribution is -2.14. The zero-order valence-corrected chi connectivity index (χ0v) is 11.9. The van der Waals surface area contributed by atoms with Crippen LogP contribution in [0.25, 0.3) is 11.6 Å². The smallest absolute Gasteiger partial charge is 0.310 e. The number of pyridine rings is 1. The molecule has 0 radical (unpaired) electrons. The molecule has 0 aromatic carbocycles. The molecule has 1 aliphatic heterocycles. The molecular weight excluding hydrogens is 274 g/mol. The maximum absolute atomic E-state index is 11.9. The highest BCUT2D eigenvalue weighted by atomic mass is 32.1. The fourth-order valence-corrected chi connectivity index (χ4v) is 3.07. The summed E-state index contributed by atoms with van der Waals surface area (Å²) in [6.45, 7) is 3.72. The van der Waals surface area contributed by atoms with E-state index in [1.165, 1.54) is 4.57 Å². The zero-order chi connectivity index (χ0) is 14.3. The number of fused-ring (bicyclic) bond motifs is 1. The van der Waals surface area contributed by atoms with Crippen LogP contribution in [0.5, 0.6) is 5.88 Å². The van der Waals surface area contributed by atoms with Gasteiger partial charge in [-0.25, -0.2) is 0 Å². The summed E-state index contributed by atoms with van der Waals surface area (Å²) >= 11 is 1.02. The van der Waals surface area contributed by atoms with Crippen LogP contribution in [0.15, 0.2) is 28.1 Å². The van der Waals surface area contributed by atoms with Gasteiger partial charge in [-0.1, -0.05) is 11.3 Å². The van der Waals surface area contributed by atoms with Crippen molar-refractivity contribution in [3.63, 3.8) is 0 Å². The van der Waals surface area contributed by atoms with Gasteiger partial charge < -0.3 is 5.11 Å². The summed E-state index contributed by atoms with van der Waals surface area (Å²) in [5, 5.41) is 10.2. The van der Waals surface area contributed by atoms with Gasteiger partial charge in [0.05, 0.1) is 16.3 Å². The molecule has 0 saturated carbocycles. The van der Waals surface area contributed by atoms with Crippen LogP contribution in [-0.4, -0.2) is 20.9 Å². The molecular formula is C14H13N3O2S. The van der Waals surface area contributed by atoms with Gasteiger partial charge in [-0.3, -0.25) is 19.3 Å². The molecule has 3 heterocycles. The number of aromatic hydroxyl groups is 1. The molecule has 2 aromatic rings. The van der Waals surface area contributed by atoms with Gasteiger partial charge in [-0.05, 0) is 32.1 Å². The SMILES string of the molecule is CC(C)n1c(O)c(C=C2C=Nc3cccnc32)sc1=O. The summed E-state index contributed by atoms with van der Waals surface area (Å²) in [5.74, 6) is 0.000260. The Hall–Kier alpha value is -2.21. The third-order valence-electron chi connectivity index (χ3n) is 3.05. The molecule has 0 saturated heterocycles. The highest BCUT2D eigenvalue weighted by Gasteiger charge is 2.18. The molecule has 0 bridgehead atoms. The van der Waals surface area contributed by atoms with Crippen LogP contribution in [0.2, 0.25) is 0 Å². The van der Waals surface area contributed by atoms with Gasteiger partial charge in [0.1, 0.15) is 0 Å². The minimum atomic E-state index is -0.166. The molecule has 0 unspecified atom stereocenters. The highest BCUT2D eigenvalue weighted by molar-refractivity contribution is 7.10. The normalized spacial score (nSPS) is 15.2. The summed E-state index contributed by atoms with van der Waals surface area (Å²) in [6.07, 6.45) is 5.15. The largest absolute Gasteiger partial charge is 0.493 e. The average molecular weight is 287 g/mol. The van der Waals surface area contributed by atoms with Crippen LogP contribution in [-0.2, 0) is 0 Å². The van der Waals surface area contributed by atoms with Crippen molar-refractivity contribution in [1.82, 2.24) is 9.55 Å². The lowest BCUT2D eigenvalue weighted by molar-refractivity contribution is 0.395. The van der Waals surface area contributed by atoms with E-state index >= 15 is 0 Å². The van der Waals surface area contributed by atoms with Crippen molar-refractivity contribution in [2.24, 2.45) is 4.99 Å². The maximum atomic E-state index is 11.9. The van der Waals surface area contributed by atoms with Crippen LogP contribution in [0, 0.1) is 0 Å². The van der Waals surface area contributed by atoms with Crippen LogP contribution in [0.4, 0.5) is 5.69 Å². The molecule has 0 spiro atoms. The maximum Gasteiger partial charge on any atom is 0.310 e. The highest BCUT2D eigenvalue weighted by Crippen LogP contribution is 2.33. The Morgan fingerprint density at radius 1 is 1.45 bits per heavy atom. The molecule has 5 nitrogen and oxygen atoms in total. The third kappa shape index (κ3) is 1.98. The second-order valence-electron chi connectivity index (χ2n) is 4.75. The number of aromatic nitrogens is 2. The third-order valence-corrected chi connectivity index (χ3v) is 3.94. The second-order valence-corrected chi connectivity index (χ2v) is 5.74. The van der Waals surface area contributed by atoms with Crippen LogP contribution < -0.4 is 4.87 Å². The van der Waals surface area contributed by atoms with Crippen molar-refractivity contribution >= 4 is 34.9 Å². The predicted octanol–water partition coefficient (Wildman–Crippen LogP) is 2.85. The van der Waals surface area contributed by atoms with E-state index in [1.807, 2.05) is 26.0 Å². The Balaban J connectivity index is 2.10. The van der Waals surface area contributed by atoms with Gasteiger partial charge in [0.25, 0.3) is 0 Å². The van der Waals surface area contributed by atoms with Crippen LogP contribution in [0.3, 0.4) is 0 Å². The summed E-state index contributed by atoms with van der Waals surface area (Å²) in [5.41, 5.74) is 2.37. The van der Waals surface area contributed by atoms with Crippen molar-refractivity contribution in [2.75, 3.05) is 0 Å². The van der Waals surface area contributed by atoms with Crippen molar-refractivity contribution < 1.29 is 5.11 Å². The van der Waals surface area contributed by atoms with Gasteiger partial charge >= 0.3 is 4.87 Å².